The number of carbonyl (C=O) groups is 2. The van der Waals surface area contributed by atoms with E-state index >= 15 is 0 Å². The lowest BCUT2D eigenvalue weighted by molar-refractivity contribution is -0.139. The van der Waals surface area contributed by atoms with Crippen molar-refractivity contribution in [2.45, 2.75) is 56.0 Å². The summed E-state index contributed by atoms with van der Waals surface area (Å²) in [5.41, 5.74) is 1.19. The van der Waals surface area contributed by atoms with Gasteiger partial charge in [-0.15, -0.1) is 0 Å². The molecular weight excluding hydrogens is 569 g/mol. The Hall–Kier alpha value is -3.07. The largest absolute Gasteiger partial charge is 0.352 e. The molecule has 0 radical (unpaired) electrons. The fourth-order valence-electron chi connectivity index (χ4n) is 4.85. The molecule has 0 bridgehead atoms. The molecule has 3 aromatic carbocycles. The second-order valence-corrected chi connectivity index (χ2v) is 12.6. The molecule has 0 aliphatic heterocycles. The van der Waals surface area contributed by atoms with E-state index in [-0.39, 0.29) is 39.1 Å². The van der Waals surface area contributed by atoms with Gasteiger partial charge in [0.15, 0.2) is 0 Å². The molecule has 10 heteroatoms. The summed E-state index contributed by atoms with van der Waals surface area (Å²) in [6.07, 6.45) is 4.46. The van der Waals surface area contributed by atoms with E-state index < -0.39 is 28.5 Å². The predicted molar refractivity (Wildman–Crippen MR) is 159 cm³/mol. The van der Waals surface area contributed by atoms with Gasteiger partial charge in [0.2, 0.25) is 11.8 Å². The molecule has 1 saturated carbocycles. The summed E-state index contributed by atoms with van der Waals surface area (Å²) in [7, 11) is -4.16. The van der Waals surface area contributed by atoms with Gasteiger partial charge in [0.25, 0.3) is 10.0 Å². The van der Waals surface area contributed by atoms with Crippen LogP contribution in [0.25, 0.3) is 0 Å². The highest BCUT2D eigenvalue weighted by Gasteiger charge is 2.33. The summed E-state index contributed by atoms with van der Waals surface area (Å²) >= 11 is 12.3. The van der Waals surface area contributed by atoms with Gasteiger partial charge in [-0.05, 0) is 62.1 Å². The van der Waals surface area contributed by atoms with Crippen LogP contribution in [0.15, 0.2) is 83.8 Å². The molecular formula is C30H33Cl2N3O4S. The van der Waals surface area contributed by atoms with Crippen LogP contribution in [-0.4, -0.2) is 50.3 Å². The Labute approximate surface area is 246 Å². The highest BCUT2D eigenvalue weighted by atomic mass is 35.5. The van der Waals surface area contributed by atoms with Gasteiger partial charge in [-0.3, -0.25) is 13.9 Å². The minimum absolute atomic E-state index is 0.0248. The Bertz CT molecular complexity index is 1420. The van der Waals surface area contributed by atoms with Gasteiger partial charge in [0.1, 0.15) is 12.6 Å². The zero-order chi connectivity index (χ0) is 28.7. The second-order valence-electron chi connectivity index (χ2n) is 9.91. The van der Waals surface area contributed by atoms with E-state index in [1.54, 1.807) is 25.1 Å². The maximum atomic E-state index is 13.9. The number of carbonyl (C=O) groups excluding carboxylic acids is 2. The van der Waals surface area contributed by atoms with E-state index in [2.05, 4.69) is 5.32 Å². The standard InChI is InChI=1S/C30H33Cl2N3O4S/c1-22(30(37)33-24-12-8-9-13-24)34(19-18-23-10-4-2-5-11-23)29(36)21-35(25-16-17-27(31)28(32)20-25)40(38,39)26-14-6-3-7-15-26/h2-7,10-11,14-17,20,22,24H,8-9,12-13,18-19,21H2,1H3,(H,33,37)/t22-/m1/s1. The topological polar surface area (TPSA) is 86.8 Å². The van der Waals surface area contributed by atoms with Gasteiger partial charge in [-0.2, -0.15) is 0 Å². The van der Waals surface area contributed by atoms with Gasteiger partial charge < -0.3 is 10.2 Å². The highest BCUT2D eigenvalue weighted by Crippen LogP contribution is 2.31. The van der Waals surface area contributed by atoms with Crippen molar-refractivity contribution in [1.29, 1.82) is 0 Å². The van der Waals surface area contributed by atoms with Crippen LogP contribution in [0.3, 0.4) is 0 Å². The van der Waals surface area contributed by atoms with Crippen molar-refractivity contribution in [3.05, 3.63) is 94.5 Å². The first-order valence-electron chi connectivity index (χ1n) is 13.3. The lowest BCUT2D eigenvalue weighted by Crippen LogP contribution is -2.53. The van der Waals surface area contributed by atoms with Gasteiger partial charge in [0, 0.05) is 12.6 Å². The summed E-state index contributed by atoms with van der Waals surface area (Å²) in [6, 6.07) is 21.2. The third-order valence-corrected chi connectivity index (χ3v) is 9.68. The molecule has 0 saturated heterocycles. The Balaban J connectivity index is 1.65. The zero-order valence-electron chi connectivity index (χ0n) is 22.3. The zero-order valence-corrected chi connectivity index (χ0v) is 24.6. The molecule has 40 heavy (non-hydrogen) atoms. The normalized spacial score (nSPS) is 14.5. The maximum Gasteiger partial charge on any atom is 0.264 e. The van der Waals surface area contributed by atoms with Crippen molar-refractivity contribution in [3.63, 3.8) is 0 Å². The lowest BCUT2D eigenvalue weighted by Gasteiger charge is -2.32. The van der Waals surface area contributed by atoms with Crippen molar-refractivity contribution in [3.8, 4) is 0 Å². The van der Waals surface area contributed by atoms with Crippen LogP contribution in [0.2, 0.25) is 10.0 Å². The van der Waals surface area contributed by atoms with Crippen LogP contribution in [0.1, 0.15) is 38.2 Å². The van der Waals surface area contributed by atoms with Crippen LogP contribution in [0.4, 0.5) is 5.69 Å². The Morgan fingerprint density at radius 3 is 2.17 bits per heavy atom. The minimum atomic E-state index is -4.16. The van der Waals surface area contributed by atoms with Gasteiger partial charge in [0.05, 0.1) is 20.6 Å². The molecule has 0 unspecified atom stereocenters. The van der Waals surface area contributed by atoms with Crippen molar-refractivity contribution < 1.29 is 18.0 Å². The van der Waals surface area contributed by atoms with E-state index in [4.69, 9.17) is 23.2 Å². The molecule has 2 amide bonds. The average Bonchev–Trinajstić information content (AvgIpc) is 3.47. The number of benzene rings is 3. The molecule has 1 fully saturated rings. The summed E-state index contributed by atoms with van der Waals surface area (Å²) < 4.78 is 28.6. The molecule has 0 heterocycles. The fourth-order valence-corrected chi connectivity index (χ4v) is 6.57. The number of nitrogens with one attached hydrogen (secondary N) is 1. The van der Waals surface area contributed by atoms with Crippen LogP contribution in [0, 0.1) is 0 Å². The Morgan fingerprint density at radius 1 is 0.925 bits per heavy atom. The van der Waals surface area contributed by atoms with Crippen molar-refractivity contribution >= 4 is 50.7 Å². The molecule has 0 aromatic heterocycles. The average molecular weight is 603 g/mol. The summed E-state index contributed by atoms with van der Waals surface area (Å²) in [4.78, 5) is 28.7. The first kappa shape index (κ1) is 29.9. The quantitative estimate of drug-likeness (QED) is 0.305. The van der Waals surface area contributed by atoms with Crippen molar-refractivity contribution in [2.75, 3.05) is 17.4 Å². The third kappa shape index (κ3) is 7.36. The first-order valence-corrected chi connectivity index (χ1v) is 15.5. The maximum absolute atomic E-state index is 13.9. The van der Waals surface area contributed by atoms with E-state index in [9.17, 15) is 18.0 Å². The molecule has 4 rings (SSSR count). The lowest BCUT2D eigenvalue weighted by atomic mass is 10.1. The number of rotatable bonds is 11. The van der Waals surface area contributed by atoms with Crippen molar-refractivity contribution in [1.82, 2.24) is 10.2 Å². The Morgan fingerprint density at radius 2 is 1.55 bits per heavy atom. The molecule has 1 N–H and O–H groups in total. The van der Waals surface area contributed by atoms with Crippen LogP contribution < -0.4 is 9.62 Å². The number of sulfonamides is 1. The van der Waals surface area contributed by atoms with E-state index in [0.29, 0.717) is 6.42 Å². The smallest absolute Gasteiger partial charge is 0.264 e. The van der Waals surface area contributed by atoms with Crippen LogP contribution >= 0.6 is 23.2 Å². The first-order chi connectivity index (χ1) is 19.2. The van der Waals surface area contributed by atoms with E-state index in [0.717, 1.165) is 35.6 Å². The van der Waals surface area contributed by atoms with Crippen LogP contribution in [0.5, 0.6) is 0 Å². The fraction of sp³-hybridized carbons (Fsp3) is 0.333. The molecule has 3 aromatic rings. The van der Waals surface area contributed by atoms with E-state index in [1.165, 1.54) is 35.2 Å². The molecule has 7 nitrogen and oxygen atoms in total. The summed E-state index contributed by atoms with van der Waals surface area (Å²) in [6.45, 7) is 1.40. The number of nitrogens with zero attached hydrogens (tertiary/aromatic N) is 2. The molecule has 1 aliphatic carbocycles. The highest BCUT2D eigenvalue weighted by molar-refractivity contribution is 7.92. The van der Waals surface area contributed by atoms with Gasteiger partial charge in [-0.25, -0.2) is 8.42 Å². The number of anilines is 1. The minimum Gasteiger partial charge on any atom is -0.352 e. The number of halogens is 2. The Kier molecular flexibility index (Phi) is 10.1. The number of hydrogen-bond donors (Lipinski definition) is 1. The van der Waals surface area contributed by atoms with E-state index in [1.807, 2.05) is 30.3 Å². The SMILES string of the molecule is C[C@H](C(=O)NC1CCCC1)N(CCc1ccccc1)C(=O)CN(c1ccc(Cl)c(Cl)c1)S(=O)(=O)c1ccccc1. The summed E-state index contributed by atoms with van der Waals surface area (Å²) in [5, 5.41) is 3.49. The monoisotopic (exact) mass is 601 g/mol. The molecule has 1 aliphatic rings. The molecule has 1 atom stereocenters. The number of hydrogen-bond acceptors (Lipinski definition) is 4. The third-order valence-electron chi connectivity index (χ3n) is 7.15. The van der Waals surface area contributed by atoms with Crippen molar-refractivity contribution in [2.24, 2.45) is 0 Å². The predicted octanol–water partition coefficient (Wildman–Crippen LogP) is 5.71. The second kappa shape index (κ2) is 13.5. The summed E-state index contributed by atoms with van der Waals surface area (Å²) in [5.74, 6) is -0.754. The van der Waals surface area contributed by atoms with Crippen LogP contribution in [-0.2, 0) is 26.0 Å². The van der Waals surface area contributed by atoms with Gasteiger partial charge >= 0.3 is 0 Å². The number of amides is 2. The molecule has 212 valence electrons. The molecule has 0 spiro atoms. The van der Waals surface area contributed by atoms with Gasteiger partial charge in [-0.1, -0.05) is 84.6 Å².